The summed E-state index contributed by atoms with van der Waals surface area (Å²) >= 11 is 5.31. The Hall–Kier alpha value is -3.38. The first kappa shape index (κ1) is 22.3. The van der Waals surface area contributed by atoms with Crippen LogP contribution in [0.1, 0.15) is 29.3 Å². The molecule has 2 N–H and O–H groups in total. The Morgan fingerprint density at radius 1 is 0.903 bits per heavy atom. The maximum Gasteiger partial charge on any atom is 0.261 e. The number of ether oxygens (including phenoxy) is 2. The molecule has 0 atom stereocenters. The fraction of sp³-hybridized carbons (Fsp3) is 0.200. The number of anilines is 1. The summed E-state index contributed by atoms with van der Waals surface area (Å²) in [5.41, 5.74) is 2.40. The molecule has 3 rings (SSSR count). The molecule has 0 saturated heterocycles. The molecule has 0 aromatic heterocycles. The molecule has 0 fully saturated rings. The lowest BCUT2D eigenvalue weighted by molar-refractivity contribution is 0.0973. The Labute approximate surface area is 188 Å². The molecule has 0 heterocycles. The highest BCUT2D eigenvalue weighted by molar-refractivity contribution is 7.80. The number of rotatable bonds is 9. The second kappa shape index (κ2) is 11.7. The summed E-state index contributed by atoms with van der Waals surface area (Å²) in [7, 11) is 0. The smallest absolute Gasteiger partial charge is 0.261 e. The molecule has 0 spiro atoms. The number of para-hydroxylation sites is 1. The zero-order chi connectivity index (χ0) is 21.9. The van der Waals surface area contributed by atoms with E-state index >= 15 is 0 Å². The SMILES string of the molecule is CCCOc1ccccc1C(=O)NC(=S)Nc1cccc(OCCc2ccccc2)c1. The van der Waals surface area contributed by atoms with Gasteiger partial charge in [0, 0.05) is 18.2 Å². The third kappa shape index (κ3) is 7.12. The van der Waals surface area contributed by atoms with E-state index in [0.29, 0.717) is 24.5 Å². The molecule has 0 aliphatic rings. The predicted molar refractivity (Wildman–Crippen MR) is 128 cm³/mol. The van der Waals surface area contributed by atoms with Crippen LogP contribution in [0.2, 0.25) is 0 Å². The van der Waals surface area contributed by atoms with E-state index in [4.69, 9.17) is 21.7 Å². The zero-order valence-corrected chi connectivity index (χ0v) is 18.3. The molecule has 0 aliphatic carbocycles. The molecule has 0 unspecified atom stereocenters. The van der Waals surface area contributed by atoms with Gasteiger partial charge in [0.05, 0.1) is 18.8 Å². The van der Waals surface area contributed by atoms with Crippen LogP contribution in [0.15, 0.2) is 78.9 Å². The Morgan fingerprint density at radius 3 is 2.48 bits per heavy atom. The maximum absolute atomic E-state index is 12.6. The molecule has 3 aromatic carbocycles. The number of hydrogen-bond acceptors (Lipinski definition) is 4. The molecule has 31 heavy (non-hydrogen) atoms. The summed E-state index contributed by atoms with van der Waals surface area (Å²) in [5.74, 6) is 0.950. The summed E-state index contributed by atoms with van der Waals surface area (Å²) in [5, 5.41) is 5.94. The van der Waals surface area contributed by atoms with Crippen molar-refractivity contribution in [2.45, 2.75) is 19.8 Å². The van der Waals surface area contributed by atoms with E-state index in [-0.39, 0.29) is 11.0 Å². The molecule has 160 valence electrons. The van der Waals surface area contributed by atoms with Crippen molar-refractivity contribution >= 4 is 28.9 Å². The van der Waals surface area contributed by atoms with Crippen LogP contribution in [0.4, 0.5) is 5.69 Å². The number of nitrogens with one attached hydrogen (secondary N) is 2. The van der Waals surface area contributed by atoms with Gasteiger partial charge in [-0.3, -0.25) is 10.1 Å². The van der Waals surface area contributed by atoms with Gasteiger partial charge in [-0.1, -0.05) is 55.5 Å². The Morgan fingerprint density at radius 2 is 1.68 bits per heavy atom. The number of carbonyl (C=O) groups is 1. The van der Waals surface area contributed by atoms with Crippen molar-refractivity contribution in [3.05, 3.63) is 90.0 Å². The molecule has 1 amide bonds. The van der Waals surface area contributed by atoms with E-state index in [2.05, 4.69) is 22.8 Å². The maximum atomic E-state index is 12.6. The van der Waals surface area contributed by atoms with Crippen LogP contribution in [0, 0.1) is 0 Å². The van der Waals surface area contributed by atoms with Crippen LogP contribution in [0.3, 0.4) is 0 Å². The van der Waals surface area contributed by atoms with E-state index in [1.807, 2.05) is 55.5 Å². The lowest BCUT2D eigenvalue weighted by Crippen LogP contribution is -2.34. The first-order valence-electron chi connectivity index (χ1n) is 10.3. The second-order valence-corrected chi connectivity index (χ2v) is 7.27. The summed E-state index contributed by atoms with van der Waals surface area (Å²) in [6, 6.07) is 24.8. The number of carbonyl (C=O) groups excluding carboxylic acids is 1. The highest BCUT2D eigenvalue weighted by Crippen LogP contribution is 2.19. The van der Waals surface area contributed by atoms with Crippen LogP contribution >= 0.6 is 12.2 Å². The fourth-order valence-corrected chi connectivity index (χ4v) is 3.13. The summed E-state index contributed by atoms with van der Waals surface area (Å²) < 4.78 is 11.5. The number of benzene rings is 3. The second-order valence-electron chi connectivity index (χ2n) is 6.86. The van der Waals surface area contributed by atoms with E-state index < -0.39 is 0 Å². The topological polar surface area (TPSA) is 59.6 Å². The van der Waals surface area contributed by atoms with Gasteiger partial charge in [0.25, 0.3) is 5.91 Å². The Bertz CT molecular complexity index is 1010. The molecule has 0 radical (unpaired) electrons. The van der Waals surface area contributed by atoms with Crippen LogP contribution in [-0.2, 0) is 6.42 Å². The molecule has 0 bridgehead atoms. The number of amides is 1. The van der Waals surface area contributed by atoms with Crippen molar-refractivity contribution in [2.24, 2.45) is 0 Å². The van der Waals surface area contributed by atoms with Crippen LogP contribution in [0.25, 0.3) is 0 Å². The average molecular weight is 435 g/mol. The monoisotopic (exact) mass is 434 g/mol. The predicted octanol–water partition coefficient (Wildman–Crippen LogP) is 5.22. The van der Waals surface area contributed by atoms with Crippen molar-refractivity contribution in [3.8, 4) is 11.5 Å². The first-order valence-corrected chi connectivity index (χ1v) is 10.7. The first-order chi connectivity index (χ1) is 15.2. The van der Waals surface area contributed by atoms with Crippen molar-refractivity contribution in [1.29, 1.82) is 0 Å². The molecular formula is C25H26N2O3S. The fourth-order valence-electron chi connectivity index (χ4n) is 2.92. The highest BCUT2D eigenvalue weighted by atomic mass is 32.1. The minimum atomic E-state index is -0.320. The average Bonchev–Trinajstić information content (AvgIpc) is 2.79. The zero-order valence-electron chi connectivity index (χ0n) is 17.5. The summed E-state index contributed by atoms with van der Waals surface area (Å²) in [6.07, 6.45) is 1.69. The Kier molecular flexibility index (Phi) is 8.43. The minimum absolute atomic E-state index is 0.205. The van der Waals surface area contributed by atoms with E-state index in [0.717, 1.165) is 24.3 Å². The van der Waals surface area contributed by atoms with Gasteiger partial charge in [0.1, 0.15) is 11.5 Å². The molecule has 3 aromatic rings. The molecular weight excluding hydrogens is 408 g/mol. The standard InChI is InChI=1S/C25H26N2O3S/c1-2-16-30-23-14-7-6-13-22(23)24(28)27-25(31)26-20-11-8-12-21(18-20)29-17-15-19-9-4-3-5-10-19/h3-14,18H,2,15-17H2,1H3,(H2,26,27,28,31). The largest absolute Gasteiger partial charge is 0.493 e. The summed E-state index contributed by atoms with van der Waals surface area (Å²) in [6.45, 7) is 3.13. The van der Waals surface area contributed by atoms with Gasteiger partial charge in [-0.15, -0.1) is 0 Å². The van der Waals surface area contributed by atoms with E-state index in [1.54, 1.807) is 18.2 Å². The van der Waals surface area contributed by atoms with Crippen molar-refractivity contribution in [1.82, 2.24) is 5.32 Å². The van der Waals surface area contributed by atoms with Crippen molar-refractivity contribution < 1.29 is 14.3 Å². The quantitative estimate of drug-likeness (QED) is 0.452. The Balaban J connectivity index is 1.53. The van der Waals surface area contributed by atoms with Crippen molar-refractivity contribution in [2.75, 3.05) is 18.5 Å². The minimum Gasteiger partial charge on any atom is -0.493 e. The van der Waals surface area contributed by atoms with Gasteiger partial charge in [0.15, 0.2) is 5.11 Å². The van der Waals surface area contributed by atoms with Gasteiger partial charge in [-0.05, 0) is 48.5 Å². The van der Waals surface area contributed by atoms with Crippen molar-refractivity contribution in [3.63, 3.8) is 0 Å². The van der Waals surface area contributed by atoms with Crippen LogP contribution in [0.5, 0.6) is 11.5 Å². The van der Waals surface area contributed by atoms with Crippen LogP contribution in [-0.4, -0.2) is 24.2 Å². The highest BCUT2D eigenvalue weighted by Gasteiger charge is 2.13. The van der Waals surface area contributed by atoms with Gasteiger partial charge < -0.3 is 14.8 Å². The van der Waals surface area contributed by atoms with Gasteiger partial charge in [0.2, 0.25) is 0 Å². The van der Waals surface area contributed by atoms with E-state index in [9.17, 15) is 4.79 Å². The summed E-state index contributed by atoms with van der Waals surface area (Å²) in [4.78, 5) is 12.6. The molecule has 0 saturated carbocycles. The van der Waals surface area contributed by atoms with Crippen LogP contribution < -0.4 is 20.1 Å². The lowest BCUT2D eigenvalue weighted by Gasteiger charge is -2.13. The molecule has 6 heteroatoms. The molecule has 0 aliphatic heterocycles. The van der Waals surface area contributed by atoms with E-state index in [1.165, 1.54) is 5.56 Å². The third-order valence-corrected chi connectivity index (χ3v) is 4.62. The lowest BCUT2D eigenvalue weighted by atomic mass is 10.2. The van der Waals surface area contributed by atoms with Gasteiger partial charge >= 0.3 is 0 Å². The normalized spacial score (nSPS) is 10.2. The molecule has 5 nitrogen and oxygen atoms in total. The third-order valence-electron chi connectivity index (χ3n) is 4.41. The number of hydrogen-bond donors (Lipinski definition) is 2. The number of thiocarbonyl (C=S) groups is 1. The van der Waals surface area contributed by atoms with Gasteiger partial charge in [-0.25, -0.2) is 0 Å². The van der Waals surface area contributed by atoms with Gasteiger partial charge in [-0.2, -0.15) is 0 Å².